The minimum atomic E-state index is -4.26. The number of amides is 2. The molecule has 0 saturated heterocycles. The second kappa shape index (κ2) is 15.1. The molecule has 7 nitrogen and oxygen atoms in total. The molecule has 236 valence electrons. The van der Waals surface area contributed by atoms with Gasteiger partial charge in [-0.3, -0.25) is 13.9 Å². The van der Waals surface area contributed by atoms with Gasteiger partial charge in [0.15, 0.2) is 0 Å². The number of anilines is 1. The molecule has 0 saturated carbocycles. The molecular weight excluding hydrogens is 653 g/mol. The number of rotatable bonds is 12. The molecule has 4 aromatic rings. The van der Waals surface area contributed by atoms with E-state index in [1.807, 2.05) is 37.3 Å². The summed E-state index contributed by atoms with van der Waals surface area (Å²) in [7, 11) is -4.26. The minimum absolute atomic E-state index is 0.0112. The minimum Gasteiger partial charge on any atom is -0.355 e. The van der Waals surface area contributed by atoms with Crippen molar-refractivity contribution in [2.24, 2.45) is 0 Å². The van der Waals surface area contributed by atoms with Gasteiger partial charge < -0.3 is 10.2 Å². The van der Waals surface area contributed by atoms with Gasteiger partial charge in [-0.15, -0.1) is 0 Å². The quantitative estimate of drug-likeness (QED) is 0.170. The highest BCUT2D eigenvalue weighted by Crippen LogP contribution is 2.31. The molecule has 4 aromatic carbocycles. The van der Waals surface area contributed by atoms with Crippen LogP contribution in [0.4, 0.5) is 5.69 Å². The number of benzene rings is 4. The molecule has 0 bridgehead atoms. The summed E-state index contributed by atoms with van der Waals surface area (Å²) >= 11 is 19.0. The van der Waals surface area contributed by atoms with Gasteiger partial charge in [0.25, 0.3) is 10.0 Å². The van der Waals surface area contributed by atoms with Gasteiger partial charge in [-0.25, -0.2) is 8.42 Å². The third-order valence-corrected chi connectivity index (χ3v) is 9.90. The Bertz CT molecular complexity index is 1770. The zero-order valence-corrected chi connectivity index (χ0v) is 28.2. The number of sulfonamides is 1. The fourth-order valence-electron chi connectivity index (χ4n) is 4.88. The van der Waals surface area contributed by atoms with Crippen molar-refractivity contribution in [1.82, 2.24) is 10.2 Å². The van der Waals surface area contributed by atoms with Crippen LogP contribution in [-0.2, 0) is 32.6 Å². The van der Waals surface area contributed by atoms with Gasteiger partial charge in [-0.1, -0.05) is 95.0 Å². The Morgan fingerprint density at radius 3 is 2.13 bits per heavy atom. The zero-order chi connectivity index (χ0) is 32.7. The third kappa shape index (κ3) is 8.58. The Balaban J connectivity index is 1.84. The van der Waals surface area contributed by atoms with Crippen LogP contribution in [0, 0.1) is 13.8 Å². The van der Waals surface area contributed by atoms with E-state index < -0.39 is 28.5 Å². The maximum absolute atomic E-state index is 14.5. The number of likely N-dealkylation sites (N-methyl/N-ethyl adjacent to an activating group) is 1. The highest BCUT2D eigenvalue weighted by atomic mass is 35.5. The summed E-state index contributed by atoms with van der Waals surface area (Å²) in [5.41, 5.74) is 3.10. The van der Waals surface area contributed by atoms with Crippen molar-refractivity contribution < 1.29 is 18.0 Å². The molecule has 4 rings (SSSR count). The smallest absolute Gasteiger partial charge is 0.264 e. The van der Waals surface area contributed by atoms with Crippen molar-refractivity contribution in [3.63, 3.8) is 0 Å². The van der Waals surface area contributed by atoms with Crippen LogP contribution in [-0.4, -0.2) is 44.3 Å². The Kier molecular flexibility index (Phi) is 11.6. The van der Waals surface area contributed by atoms with E-state index in [0.29, 0.717) is 32.7 Å². The lowest BCUT2D eigenvalue weighted by Crippen LogP contribution is -2.53. The van der Waals surface area contributed by atoms with Gasteiger partial charge in [0, 0.05) is 34.6 Å². The zero-order valence-electron chi connectivity index (χ0n) is 25.1. The Hall–Kier alpha value is -3.56. The number of halogens is 3. The van der Waals surface area contributed by atoms with Crippen molar-refractivity contribution >= 4 is 62.3 Å². The molecule has 0 radical (unpaired) electrons. The third-order valence-electron chi connectivity index (χ3n) is 7.31. The average molecular weight is 687 g/mol. The fourth-order valence-corrected chi connectivity index (χ4v) is 6.99. The van der Waals surface area contributed by atoms with Gasteiger partial charge >= 0.3 is 0 Å². The predicted molar refractivity (Wildman–Crippen MR) is 182 cm³/mol. The molecule has 0 heterocycles. The number of nitrogens with one attached hydrogen (secondary N) is 1. The van der Waals surface area contributed by atoms with Crippen LogP contribution in [0.2, 0.25) is 15.1 Å². The van der Waals surface area contributed by atoms with Crippen molar-refractivity contribution in [3.8, 4) is 0 Å². The van der Waals surface area contributed by atoms with Crippen LogP contribution >= 0.6 is 34.8 Å². The van der Waals surface area contributed by atoms with Gasteiger partial charge in [0.2, 0.25) is 11.8 Å². The summed E-state index contributed by atoms with van der Waals surface area (Å²) in [5.74, 6) is -0.991. The standard InChI is InChI=1S/C34H34Cl3N3O4S/c1-4-38-34(42)32(18-25-8-6-5-7-9-25)39(21-26-13-15-27(35)19-30(26)37)33(41)22-40(31-20-28(36)14-12-24(31)3)45(43,44)29-16-10-23(2)11-17-29/h5-17,19-20,32H,4,18,21-22H2,1-3H3,(H,38,42)/t32-/m0/s1. The second-order valence-corrected chi connectivity index (χ2v) is 13.8. The van der Waals surface area contributed by atoms with Crippen molar-refractivity contribution in [2.45, 2.75) is 44.7 Å². The molecular formula is C34H34Cl3N3O4S. The largest absolute Gasteiger partial charge is 0.355 e. The summed E-state index contributed by atoms with van der Waals surface area (Å²) < 4.78 is 29.5. The Labute approximate surface area is 279 Å². The van der Waals surface area contributed by atoms with E-state index in [9.17, 15) is 18.0 Å². The number of hydrogen-bond acceptors (Lipinski definition) is 4. The highest BCUT2D eigenvalue weighted by Gasteiger charge is 2.35. The van der Waals surface area contributed by atoms with E-state index in [-0.39, 0.29) is 29.5 Å². The number of carbonyl (C=O) groups is 2. The number of carbonyl (C=O) groups excluding carboxylic acids is 2. The van der Waals surface area contributed by atoms with Crippen molar-refractivity contribution in [3.05, 3.63) is 128 Å². The highest BCUT2D eigenvalue weighted by molar-refractivity contribution is 7.92. The van der Waals surface area contributed by atoms with Crippen molar-refractivity contribution in [1.29, 1.82) is 0 Å². The maximum atomic E-state index is 14.5. The van der Waals surface area contributed by atoms with Gasteiger partial charge in [0.1, 0.15) is 12.6 Å². The molecule has 2 amide bonds. The van der Waals surface area contributed by atoms with E-state index in [1.165, 1.54) is 23.1 Å². The molecule has 0 aliphatic carbocycles. The van der Waals surface area contributed by atoms with Crippen LogP contribution < -0.4 is 9.62 Å². The van der Waals surface area contributed by atoms with Gasteiger partial charge in [-0.2, -0.15) is 0 Å². The first-order chi connectivity index (χ1) is 21.4. The van der Waals surface area contributed by atoms with E-state index in [1.54, 1.807) is 56.3 Å². The van der Waals surface area contributed by atoms with Crippen LogP contribution in [0.1, 0.15) is 29.2 Å². The lowest BCUT2D eigenvalue weighted by Gasteiger charge is -2.34. The number of aryl methyl sites for hydroxylation is 2. The predicted octanol–water partition coefficient (Wildman–Crippen LogP) is 7.24. The van der Waals surface area contributed by atoms with E-state index >= 15 is 0 Å². The number of nitrogens with zero attached hydrogens (tertiary/aromatic N) is 2. The Morgan fingerprint density at radius 1 is 0.844 bits per heavy atom. The first-order valence-electron chi connectivity index (χ1n) is 14.3. The molecule has 0 aromatic heterocycles. The molecule has 45 heavy (non-hydrogen) atoms. The van der Waals surface area contributed by atoms with E-state index in [0.717, 1.165) is 15.4 Å². The fraction of sp³-hybridized carbons (Fsp3) is 0.235. The summed E-state index contributed by atoms with van der Waals surface area (Å²) in [4.78, 5) is 29.5. The van der Waals surface area contributed by atoms with Crippen LogP contribution in [0.3, 0.4) is 0 Å². The van der Waals surface area contributed by atoms with Crippen LogP contribution in [0.5, 0.6) is 0 Å². The molecule has 1 N–H and O–H groups in total. The summed E-state index contributed by atoms with van der Waals surface area (Å²) in [6, 6.07) is 24.4. The van der Waals surface area contributed by atoms with E-state index in [4.69, 9.17) is 34.8 Å². The van der Waals surface area contributed by atoms with Crippen molar-refractivity contribution in [2.75, 3.05) is 17.4 Å². The summed E-state index contributed by atoms with van der Waals surface area (Å²) in [6.45, 7) is 5.05. The normalized spacial score (nSPS) is 12.0. The molecule has 0 spiro atoms. The van der Waals surface area contributed by atoms with Crippen LogP contribution in [0.15, 0.2) is 95.9 Å². The van der Waals surface area contributed by atoms with Gasteiger partial charge in [-0.05, 0) is 73.9 Å². The first-order valence-corrected chi connectivity index (χ1v) is 16.9. The lowest BCUT2D eigenvalue weighted by molar-refractivity contribution is -0.140. The lowest BCUT2D eigenvalue weighted by atomic mass is 10.0. The second-order valence-electron chi connectivity index (χ2n) is 10.6. The summed E-state index contributed by atoms with van der Waals surface area (Å²) in [6.07, 6.45) is 0.185. The van der Waals surface area contributed by atoms with Gasteiger partial charge in [0.05, 0.1) is 10.6 Å². The molecule has 0 fully saturated rings. The molecule has 0 aliphatic heterocycles. The molecule has 1 atom stereocenters. The first kappa shape index (κ1) is 34.3. The molecule has 0 aliphatic rings. The average Bonchev–Trinajstić information content (AvgIpc) is 3.00. The number of hydrogen-bond donors (Lipinski definition) is 1. The molecule has 11 heteroatoms. The van der Waals surface area contributed by atoms with Crippen LogP contribution in [0.25, 0.3) is 0 Å². The Morgan fingerprint density at radius 2 is 1.49 bits per heavy atom. The SMILES string of the molecule is CCNC(=O)[C@H](Cc1ccccc1)N(Cc1ccc(Cl)cc1Cl)C(=O)CN(c1cc(Cl)ccc1C)S(=O)(=O)c1ccc(C)cc1. The molecule has 0 unspecified atom stereocenters. The van der Waals surface area contributed by atoms with E-state index in [2.05, 4.69) is 5.32 Å². The maximum Gasteiger partial charge on any atom is 0.264 e. The summed E-state index contributed by atoms with van der Waals surface area (Å²) in [5, 5.41) is 3.87. The topological polar surface area (TPSA) is 86.8 Å². The monoisotopic (exact) mass is 685 g/mol.